The van der Waals surface area contributed by atoms with Gasteiger partial charge < -0.3 is 0 Å². The van der Waals surface area contributed by atoms with Crippen LogP contribution in [-0.2, 0) is 20.4 Å². The molecule has 3 fully saturated rings. The van der Waals surface area contributed by atoms with Gasteiger partial charge in [-0.3, -0.25) is 14.5 Å². The van der Waals surface area contributed by atoms with E-state index in [2.05, 4.69) is 97.1 Å². The molecule has 2 heterocycles. The van der Waals surface area contributed by atoms with Crippen molar-refractivity contribution >= 4 is 11.8 Å². The van der Waals surface area contributed by atoms with Crippen LogP contribution < -0.4 is 0 Å². The molecule has 4 aromatic carbocycles. The zero-order valence-corrected chi connectivity index (χ0v) is 20.1. The number of imide groups is 1. The van der Waals surface area contributed by atoms with Crippen molar-refractivity contribution in [3.63, 3.8) is 0 Å². The molecular weight excluding hydrogens is 442 g/mol. The molecule has 2 aliphatic heterocycles. The van der Waals surface area contributed by atoms with E-state index in [0.717, 1.165) is 50.9 Å². The Morgan fingerprint density at radius 3 is 1.42 bits per heavy atom. The van der Waals surface area contributed by atoms with Gasteiger partial charge in [0.25, 0.3) is 0 Å². The fraction of sp³-hybridized carbons (Fsp3) is 0.212. The van der Waals surface area contributed by atoms with Crippen molar-refractivity contribution in [2.75, 3.05) is 6.54 Å². The van der Waals surface area contributed by atoms with Crippen LogP contribution in [0.25, 0.3) is 22.3 Å². The maximum atomic E-state index is 14.8. The molecule has 3 nitrogen and oxygen atoms in total. The first-order valence-corrected chi connectivity index (χ1v) is 12.9. The molecule has 36 heavy (non-hydrogen) atoms. The number of piperidine rings is 2. The summed E-state index contributed by atoms with van der Waals surface area (Å²) in [6, 6.07) is 33.7. The Balaban J connectivity index is 1.58. The molecule has 2 spiro atoms. The molecule has 1 saturated carbocycles. The maximum Gasteiger partial charge on any atom is 0.241 e. The first-order chi connectivity index (χ1) is 17.7. The molecule has 174 valence electrons. The molecule has 2 amide bonds. The molecular formula is C33H25NO2. The summed E-state index contributed by atoms with van der Waals surface area (Å²) in [6.45, 7) is 2.49. The van der Waals surface area contributed by atoms with E-state index in [1.807, 2.05) is 6.92 Å². The lowest BCUT2D eigenvalue weighted by Crippen LogP contribution is -2.82. The Kier molecular flexibility index (Phi) is 3.72. The van der Waals surface area contributed by atoms with E-state index in [9.17, 15) is 9.59 Å². The monoisotopic (exact) mass is 467 g/mol. The number of amides is 2. The standard InChI is InChI=1S/C33H25NO2/c1-2-19-34-30(35)32-26-17-9-7-13-22(26)20-11-3-5-15-24(20)28(32)33(31(34)36)27-18-10-8-14-23(27)21-12-4-6-16-25(21)29(32)33/h3-18,28-29H,2,19H2,1H3. The third-order valence-electron chi connectivity index (χ3n) is 9.34. The van der Waals surface area contributed by atoms with Gasteiger partial charge in [-0.1, -0.05) is 104 Å². The number of rotatable bonds is 2. The number of hydrogen-bond donors (Lipinski definition) is 0. The van der Waals surface area contributed by atoms with Gasteiger partial charge in [0.1, 0.15) is 0 Å². The quantitative estimate of drug-likeness (QED) is 0.330. The number of carbonyl (C=O) groups is 2. The highest BCUT2D eigenvalue weighted by atomic mass is 16.2. The van der Waals surface area contributed by atoms with E-state index in [1.54, 1.807) is 4.90 Å². The third-order valence-corrected chi connectivity index (χ3v) is 9.34. The first kappa shape index (κ1) is 20.2. The second-order valence-electron chi connectivity index (χ2n) is 10.6. The van der Waals surface area contributed by atoms with E-state index in [0.29, 0.717) is 6.54 Å². The van der Waals surface area contributed by atoms with E-state index >= 15 is 0 Å². The zero-order valence-electron chi connectivity index (χ0n) is 20.1. The average Bonchev–Trinajstić information content (AvgIpc) is 2.91. The van der Waals surface area contributed by atoms with Crippen LogP contribution in [-0.4, -0.2) is 23.3 Å². The van der Waals surface area contributed by atoms with Gasteiger partial charge in [-0.15, -0.1) is 0 Å². The van der Waals surface area contributed by atoms with Gasteiger partial charge in [0, 0.05) is 18.4 Å². The fourth-order valence-corrected chi connectivity index (χ4v) is 8.39. The van der Waals surface area contributed by atoms with Gasteiger partial charge in [0.15, 0.2) is 0 Å². The van der Waals surface area contributed by atoms with Crippen molar-refractivity contribution in [1.29, 1.82) is 0 Å². The van der Waals surface area contributed by atoms with Crippen molar-refractivity contribution in [3.8, 4) is 22.3 Å². The van der Waals surface area contributed by atoms with Crippen LogP contribution in [0.3, 0.4) is 0 Å². The summed E-state index contributed by atoms with van der Waals surface area (Å²) in [5.74, 6) is -0.517. The van der Waals surface area contributed by atoms with E-state index in [-0.39, 0.29) is 23.7 Å². The lowest BCUT2D eigenvalue weighted by molar-refractivity contribution is -0.181. The Labute approximate surface area is 210 Å². The van der Waals surface area contributed by atoms with Crippen LogP contribution >= 0.6 is 0 Å². The first-order valence-electron chi connectivity index (χ1n) is 12.9. The van der Waals surface area contributed by atoms with Gasteiger partial charge in [0.2, 0.25) is 11.8 Å². The number of nitrogens with zero attached hydrogens (tertiary/aromatic N) is 1. The minimum Gasteiger partial charge on any atom is -0.281 e. The Bertz CT molecular complexity index is 1510. The van der Waals surface area contributed by atoms with Crippen molar-refractivity contribution in [2.45, 2.75) is 36.0 Å². The van der Waals surface area contributed by atoms with Gasteiger partial charge in [-0.05, 0) is 50.9 Å². The van der Waals surface area contributed by atoms with Crippen LogP contribution in [0, 0.1) is 0 Å². The molecule has 0 atom stereocenters. The van der Waals surface area contributed by atoms with Gasteiger partial charge >= 0.3 is 0 Å². The minimum atomic E-state index is -0.808. The molecule has 2 bridgehead atoms. The highest BCUT2D eigenvalue weighted by Gasteiger charge is 2.85. The molecule has 0 aromatic heterocycles. The lowest BCUT2D eigenvalue weighted by Gasteiger charge is -2.74. The van der Waals surface area contributed by atoms with Crippen molar-refractivity contribution in [3.05, 3.63) is 119 Å². The summed E-state index contributed by atoms with van der Waals surface area (Å²) in [4.78, 5) is 31.1. The summed E-state index contributed by atoms with van der Waals surface area (Å²) in [5.41, 5.74) is 7.31. The lowest BCUT2D eigenvalue weighted by atomic mass is 9.27. The number of benzene rings is 4. The van der Waals surface area contributed by atoms with Crippen LogP contribution in [0.1, 0.15) is 47.4 Å². The zero-order chi connectivity index (χ0) is 24.2. The van der Waals surface area contributed by atoms with E-state index < -0.39 is 10.8 Å². The van der Waals surface area contributed by atoms with E-state index in [1.165, 1.54) is 0 Å². The normalized spacial score (nSPS) is 28.1. The molecule has 3 heteroatoms. The summed E-state index contributed by atoms with van der Waals surface area (Å²) in [7, 11) is 0. The predicted octanol–water partition coefficient (Wildman–Crippen LogP) is 6.18. The number of fused-ring (bicyclic) bond motifs is 8. The molecule has 5 aliphatic rings. The van der Waals surface area contributed by atoms with Gasteiger partial charge in [0.05, 0.1) is 10.8 Å². The number of hydrogen-bond acceptors (Lipinski definition) is 2. The summed E-state index contributed by atoms with van der Waals surface area (Å²) in [5, 5.41) is 0. The Morgan fingerprint density at radius 2 is 0.972 bits per heavy atom. The van der Waals surface area contributed by atoms with Crippen LogP contribution in [0.5, 0.6) is 0 Å². The topological polar surface area (TPSA) is 37.4 Å². The highest BCUT2D eigenvalue weighted by molar-refractivity contribution is 6.19. The summed E-state index contributed by atoms with van der Waals surface area (Å²) < 4.78 is 0. The van der Waals surface area contributed by atoms with Crippen LogP contribution in [0.15, 0.2) is 97.1 Å². The van der Waals surface area contributed by atoms with Gasteiger partial charge in [-0.2, -0.15) is 0 Å². The molecule has 0 radical (unpaired) electrons. The van der Waals surface area contributed by atoms with Crippen LogP contribution in [0.4, 0.5) is 0 Å². The number of carbonyl (C=O) groups excluding carboxylic acids is 2. The van der Waals surface area contributed by atoms with Crippen LogP contribution in [0.2, 0.25) is 0 Å². The smallest absolute Gasteiger partial charge is 0.241 e. The molecule has 9 rings (SSSR count). The summed E-state index contributed by atoms with van der Waals surface area (Å²) >= 11 is 0. The fourth-order valence-electron chi connectivity index (χ4n) is 8.39. The highest BCUT2D eigenvalue weighted by Crippen LogP contribution is 2.81. The molecule has 0 N–H and O–H groups in total. The minimum absolute atomic E-state index is 0.0256. The summed E-state index contributed by atoms with van der Waals surface area (Å²) in [6.07, 6.45) is 0.745. The molecule has 2 saturated heterocycles. The predicted molar refractivity (Wildman–Crippen MR) is 140 cm³/mol. The third kappa shape index (κ3) is 1.91. The molecule has 0 unspecified atom stereocenters. The van der Waals surface area contributed by atoms with Crippen molar-refractivity contribution < 1.29 is 9.59 Å². The second kappa shape index (κ2) is 6.61. The van der Waals surface area contributed by atoms with Gasteiger partial charge in [-0.25, -0.2) is 0 Å². The SMILES string of the molecule is CCCN1C(=O)C23c4ccccc4-c4ccccc4C2C2(C1=O)c1ccccc1-c1ccccc1C32. The Hall–Kier alpha value is -3.98. The van der Waals surface area contributed by atoms with Crippen molar-refractivity contribution in [1.82, 2.24) is 4.90 Å². The van der Waals surface area contributed by atoms with E-state index in [4.69, 9.17) is 0 Å². The Morgan fingerprint density at radius 1 is 0.583 bits per heavy atom. The molecule has 3 aliphatic carbocycles. The molecule has 4 aromatic rings. The average molecular weight is 468 g/mol. The second-order valence-corrected chi connectivity index (χ2v) is 10.6. The van der Waals surface area contributed by atoms with Crippen molar-refractivity contribution in [2.24, 2.45) is 0 Å². The maximum absolute atomic E-state index is 14.8. The largest absolute Gasteiger partial charge is 0.281 e.